The average Bonchev–Trinajstić information content (AvgIpc) is 3.02. The standard InChI is InChI=1S/C15H19NO5S/c17-22(18,11-5-6-14-15(9-11)21-10-20-14)16-7-8-19-13-4-2-1-3-12(13)16/h5-6,9,12-13H,1-4,7-8,10H2. The lowest BCUT2D eigenvalue weighted by molar-refractivity contribution is -0.0586. The van der Waals surface area contributed by atoms with Crippen molar-refractivity contribution in [2.75, 3.05) is 19.9 Å². The van der Waals surface area contributed by atoms with Crippen LogP contribution >= 0.6 is 0 Å². The van der Waals surface area contributed by atoms with Crippen molar-refractivity contribution >= 4 is 10.0 Å². The average molecular weight is 325 g/mol. The van der Waals surface area contributed by atoms with Crippen LogP contribution in [0.25, 0.3) is 0 Å². The van der Waals surface area contributed by atoms with Crippen LogP contribution in [0.5, 0.6) is 11.5 Å². The number of hydrogen-bond acceptors (Lipinski definition) is 5. The Morgan fingerprint density at radius 1 is 1.09 bits per heavy atom. The Labute approximate surface area is 130 Å². The van der Waals surface area contributed by atoms with Gasteiger partial charge >= 0.3 is 0 Å². The number of benzene rings is 1. The molecule has 22 heavy (non-hydrogen) atoms. The Balaban J connectivity index is 1.67. The van der Waals surface area contributed by atoms with Gasteiger partial charge in [0.15, 0.2) is 11.5 Å². The van der Waals surface area contributed by atoms with Gasteiger partial charge in [0.2, 0.25) is 16.8 Å². The largest absolute Gasteiger partial charge is 0.454 e. The first-order valence-electron chi connectivity index (χ1n) is 7.69. The minimum absolute atomic E-state index is 0.0336. The predicted molar refractivity (Wildman–Crippen MR) is 78.5 cm³/mol. The van der Waals surface area contributed by atoms with Crippen molar-refractivity contribution in [2.24, 2.45) is 0 Å². The van der Waals surface area contributed by atoms with Gasteiger partial charge in [-0.15, -0.1) is 0 Å². The number of sulfonamides is 1. The zero-order valence-corrected chi connectivity index (χ0v) is 13.0. The van der Waals surface area contributed by atoms with Crippen LogP contribution in [-0.4, -0.2) is 44.8 Å². The third-order valence-corrected chi connectivity index (χ3v) is 6.55. The van der Waals surface area contributed by atoms with Crippen LogP contribution in [0.1, 0.15) is 25.7 Å². The molecule has 0 N–H and O–H groups in total. The molecule has 2 aliphatic heterocycles. The van der Waals surface area contributed by atoms with Crippen LogP contribution in [0.15, 0.2) is 23.1 Å². The van der Waals surface area contributed by atoms with Gasteiger partial charge in [-0.3, -0.25) is 0 Å². The topological polar surface area (TPSA) is 65.1 Å². The lowest BCUT2D eigenvalue weighted by Gasteiger charge is -2.42. The minimum Gasteiger partial charge on any atom is -0.454 e. The van der Waals surface area contributed by atoms with Crippen LogP contribution in [0.2, 0.25) is 0 Å². The maximum atomic E-state index is 13.0. The van der Waals surface area contributed by atoms with E-state index in [1.165, 1.54) is 0 Å². The predicted octanol–water partition coefficient (Wildman–Crippen LogP) is 1.75. The highest BCUT2D eigenvalue weighted by molar-refractivity contribution is 7.89. The summed E-state index contributed by atoms with van der Waals surface area (Å²) in [5, 5.41) is 0. The first-order valence-corrected chi connectivity index (χ1v) is 9.13. The normalized spacial score (nSPS) is 28.4. The molecule has 1 aromatic carbocycles. The van der Waals surface area contributed by atoms with Crippen molar-refractivity contribution in [3.05, 3.63) is 18.2 Å². The molecule has 3 aliphatic rings. The maximum absolute atomic E-state index is 13.0. The van der Waals surface area contributed by atoms with E-state index >= 15 is 0 Å². The molecule has 2 fully saturated rings. The molecule has 120 valence electrons. The summed E-state index contributed by atoms with van der Waals surface area (Å²) in [6, 6.07) is 4.77. The second-order valence-corrected chi connectivity index (χ2v) is 7.78. The molecule has 0 bridgehead atoms. The number of rotatable bonds is 2. The van der Waals surface area contributed by atoms with E-state index in [0.29, 0.717) is 24.7 Å². The molecule has 7 heteroatoms. The van der Waals surface area contributed by atoms with E-state index in [2.05, 4.69) is 0 Å². The fraction of sp³-hybridized carbons (Fsp3) is 0.600. The smallest absolute Gasteiger partial charge is 0.243 e. The van der Waals surface area contributed by atoms with E-state index < -0.39 is 10.0 Å². The van der Waals surface area contributed by atoms with Gasteiger partial charge in [0, 0.05) is 12.6 Å². The van der Waals surface area contributed by atoms with Gasteiger partial charge in [0.05, 0.1) is 23.6 Å². The summed E-state index contributed by atoms with van der Waals surface area (Å²) in [5.41, 5.74) is 0. The fourth-order valence-corrected chi connectivity index (χ4v) is 5.21. The van der Waals surface area contributed by atoms with Gasteiger partial charge in [-0.05, 0) is 25.0 Å². The fourth-order valence-electron chi connectivity index (χ4n) is 3.53. The minimum atomic E-state index is -3.54. The molecule has 2 heterocycles. The van der Waals surface area contributed by atoms with E-state index in [-0.39, 0.29) is 23.8 Å². The van der Waals surface area contributed by atoms with E-state index in [0.717, 1.165) is 25.7 Å². The van der Waals surface area contributed by atoms with Crippen LogP contribution < -0.4 is 9.47 Å². The lowest BCUT2D eigenvalue weighted by Crippen LogP contribution is -2.54. The number of hydrogen-bond donors (Lipinski definition) is 0. The number of fused-ring (bicyclic) bond motifs is 2. The Morgan fingerprint density at radius 3 is 2.82 bits per heavy atom. The highest BCUT2D eigenvalue weighted by Gasteiger charge is 2.41. The van der Waals surface area contributed by atoms with Crippen molar-refractivity contribution in [1.29, 1.82) is 0 Å². The molecule has 0 spiro atoms. The Hall–Kier alpha value is -1.31. The van der Waals surface area contributed by atoms with Crippen LogP contribution in [0.4, 0.5) is 0 Å². The Kier molecular flexibility index (Phi) is 3.51. The SMILES string of the molecule is O=S(=O)(c1ccc2c(c1)OCO2)N1CCOC2CCCCC21. The van der Waals surface area contributed by atoms with Crippen molar-refractivity contribution in [3.8, 4) is 11.5 Å². The molecule has 2 unspecified atom stereocenters. The first kappa shape index (κ1) is 14.3. The molecule has 1 saturated carbocycles. The van der Waals surface area contributed by atoms with Gasteiger partial charge in [-0.2, -0.15) is 4.31 Å². The Morgan fingerprint density at radius 2 is 1.91 bits per heavy atom. The van der Waals surface area contributed by atoms with Crippen LogP contribution in [-0.2, 0) is 14.8 Å². The summed E-state index contributed by atoms with van der Waals surface area (Å²) < 4.78 is 44.0. The quantitative estimate of drug-likeness (QED) is 0.829. The Bertz CT molecular complexity index is 673. The summed E-state index contributed by atoms with van der Waals surface area (Å²) in [6.45, 7) is 1.02. The number of morpholine rings is 1. The number of nitrogens with zero attached hydrogens (tertiary/aromatic N) is 1. The molecular weight excluding hydrogens is 306 g/mol. The van der Waals surface area contributed by atoms with Gasteiger partial charge in [-0.1, -0.05) is 12.8 Å². The van der Waals surface area contributed by atoms with Crippen molar-refractivity contribution in [2.45, 2.75) is 42.7 Å². The van der Waals surface area contributed by atoms with Crippen molar-refractivity contribution in [1.82, 2.24) is 4.31 Å². The monoisotopic (exact) mass is 325 g/mol. The third kappa shape index (κ3) is 2.28. The summed E-state index contributed by atoms with van der Waals surface area (Å²) >= 11 is 0. The van der Waals surface area contributed by atoms with E-state index in [1.54, 1.807) is 22.5 Å². The molecule has 6 nitrogen and oxygen atoms in total. The van der Waals surface area contributed by atoms with Crippen molar-refractivity contribution < 1.29 is 22.6 Å². The first-order chi connectivity index (χ1) is 10.7. The maximum Gasteiger partial charge on any atom is 0.243 e. The molecule has 0 aromatic heterocycles. The summed E-state index contributed by atoms with van der Waals surface area (Å²) in [4.78, 5) is 0.267. The molecule has 4 rings (SSSR count). The number of ether oxygens (including phenoxy) is 3. The zero-order valence-electron chi connectivity index (χ0n) is 12.2. The molecule has 2 atom stereocenters. The van der Waals surface area contributed by atoms with Crippen LogP contribution in [0, 0.1) is 0 Å². The van der Waals surface area contributed by atoms with Gasteiger partial charge < -0.3 is 14.2 Å². The van der Waals surface area contributed by atoms with E-state index in [9.17, 15) is 8.42 Å². The third-order valence-electron chi connectivity index (χ3n) is 4.63. The van der Waals surface area contributed by atoms with Crippen molar-refractivity contribution in [3.63, 3.8) is 0 Å². The molecular formula is C15H19NO5S. The second-order valence-electron chi connectivity index (χ2n) is 5.89. The van der Waals surface area contributed by atoms with Gasteiger partial charge in [0.25, 0.3) is 0 Å². The highest BCUT2D eigenvalue weighted by Crippen LogP contribution is 2.37. The molecule has 0 amide bonds. The summed E-state index contributed by atoms with van der Waals surface area (Å²) in [7, 11) is -3.54. The van der Waals surface area contributed by atoms with Gasteiger partial charge in [0.1, 0.15) is 0 Å². The van der Waals surface area contributed by atoms with E-state index in [4.69, 9.17) is 14.2 Å². The molecule has 1 aliphatic carbocycles. The van der Waals surface area contributed by atoms with Crippen LogP contribution in [0.3, 0.4) is 0 Å². The van der Waals surface area contributed by atoms with E-state index in [1.807, 2.05) is 0 Å². The summed E-state index contributed by atoms with van der Waals surface area (Å²) in [5.74, 6) is 1.09. The second kappa shape index (κ2) is 5.40. The molecule has 0 radical (unpaired) electrons. The van der Waals surface area contributed by atoms with Gasteiger partial charge in [-0.25, -0.2) is 8.42 Å². The summed E-state index contributed by atoms with van der Waals surface area (Å²) in [6.07, 6.45) is 4.01. The highest BCUT2D eigenvalue weighted by atomic mass is 32.2. The lowest BCUT2D eigenvalue weighted by atomic mass is 9.91. The molecule has 1 aromatic rings. The zero-order chi connectivity index (χ0) is 15.2. The molecule has 1 saturated heterocycles.